The van der Waals surface area contributed by atoms with Crippen LogP contribution in [0.4, 0.5) is 14.5 Å². The summed E-state index contributed by atoms with van der Waals surface area (Å²) in [6, 6.07) is 8.79. The quantitative estimate of drug-likeness (QED) is 0.223. The highest BCUT2D eigenvalue weighted by Gasteiger charge is 2.47. The van der Waals surface area contributed by atoms with E-state index in [0.29, 0.717) is 90.3 Å². The molecule has 3 saturated heterocycles. The molecule has 4 aliphatic rings. The Balaban J connectivity index is 0.913. The van der Waals surface area contributed by atoms with Crippen LogP contribution < -0.4 is 30.6 Å². The van der Waals surface area contributed by atoms with E-state index < -0.39 is 36.4 Å². The average molecular weight is 846 g/mol. The summed E-state index contributed by atoms with van der Waals surface area (Å²) in [7, 11) is 8.67. The van der Waals surface area contributed by atoms with E-state index >= 15 is 8.78 Å². The number of methoxy groups -OCH3 is 2. The lowest BCUT2D eigenvalue weighted by Gasteiger charge is -2.45. The van der Waals surface area contributed by atoms with E-state index in [0.717, 1.165) is 28.2 Å². The van der Waals surface area contributed by atoms with E-state index in [9.17, 15) is 24.0 Å². The number of anilines is 1. The van der Waals surface area contributed by atoms with Crippen molar-refractivity contribution in [3.8, 4) is 22.6 Å². The summed E-state index contributed by atoms with van der Waals surface area (Å²) in [5.41, 5.74) is 4.16. The molecule has 17 heteroatoms. The molecule has 4 aromatic rings. The molecule has 2 aromatic heterocycles. The van der Waals surface area contributed by atoms with Gasteiger partial charge in [-0.05, 0) is 81.2 Å². The van der Waals surface area contributed by atoms with Crippen molar-refractivity contribution >= 4 is 50.7 Å². The van der Waals surface area contributed by atoms with E-state index in [2.05, 4.69) is 15.5 Å². The third-order valence-corrected chi connectivity index (χ3v) is 13.4. The number of imide groups is 1. The van der Waals surface area contributed by atoms with Crippen LogP contribution in [0.15, 0.2) is 47.4 Å². The summed E-state index contributed by atoms with van der Waals surface area (Å²) < 4.78 is 45.3. The molecule has 318 valence electrons. The largest absolute Gasteiger partial charge is 0.496 e. The summed E-state index contributed by atoms with van der Waals surface area (Å²) in [6.45, 7) is 2.00. The topological polar surface area (TPSA) is 146 Å². The molecule has 4 aliphatic heterocycles. The number of likely N-dealkylation sites (tertiary alicyclic amines) is 1. The number of hydrogen-bond donors (Lipinski definition) is 2. The number of rotatable bonds is 10. The molecule has 1 unspecified atom stereocenters. The summed E-state index contributed by atoms with van der Waals surface area (Å²) in [4.78, 5) is 72.1. The number of amides is 4. The summed E-state index contributed by atoms with van der Waals surface area (Å²) in [6.07, 6.45) is 3.54. The van der Waals surface area contributed by atoms with Gasteiger partial charge in [0.1, 0.15) is 17.5 Å². The lowest BCUT2D eigenvalue weighted by atomic mass is 9.95. The van der Waals surface area contributed by atoms with E-state index in [1.54, 1.807) is 27.5 Å². The van der Waals surface area contributed by atoms with E-state index in [-0.39, 0.29) is 41.1 Å². The number of hydrogen-bond acceptors (Lipinski definition) is 11. The Morgan fingerprint density at radius 3 is 2.33 bits per heavy atom. The zero-order valence-corrected chi connectivity index (χ0v) is 35.1. The first-order valence-electron chi connectivity index (χ1n) is 20.1. The van der Waals surface area contributed by atoms with Crippen molar-refractivity contribution in [1.29, 1.82) is 0 Å². The molecule has 14 nitrogen and oxygen atoms in total. The van der Waals surface area contributed by atoms with Gasteiger partial charge in [-0.1, -0.05) is 6.07 Å². The maximum absolute atomic E-state index is 15.9. The molecule has 0 spiro atoms. The molecular formula is C43H49F2N7O7S. The van der Waals surface area contributed by atoms with Gasteiger partial charge in [0, 0.05) is 79.9 Å². The maximum Gasteiger partial charge on any atom is 0.280 e. The van der Waals surface area contributed by atoms with Gasteiger partial charge in [0.05, 0.1) is 42.6 Å². The van der Waals surface area contributed by atoms with Gasteiger partial charge >= 0.3 is 0 Å². The fourth-order valence-corrected chi connectivity index (χ4v) is 10.2. The monoisotopic (exact) mass is 845 g/mol. The number of carbonyl (C=O) groups excluding carboxylic acids is 4. The number of halogens is 2. The van der Waals surface area contributed by atoms with Crippen LogP contribution >= 0.6 is 11.3 Å². The first kappa shape index (κ1) is 41.3. The molecule has 3 fully saturated rings. The summed E-state index contributed by atoms with van der Waals surface area (Å²) >= 11 is 1.09. The van der Waals surface area contributed by atoms with E-state index in [1.165, 1.54) is 15.5 Å². The molecular weight excluding hydrogens is 797 g/mol. The minimum Gasteiger partial charge on any atom is -0.496 e. The number of alkyl halides is 2. The SMILES string of the molecule is COc1cc(-c2cn(C)c(=O)c3cc(C(=O)N[C@@H]4CCN(C5CCN(c6ccc7c(c6)C(=O)N(C6CCC(=O)NC6=O)C7)CC5)CC4(F)F)sc23)cc(OC)c1CN(C)C. The van der Waals surface area contributed by atoms with Crippen LogP contribution in [0.25, 0.3) is 21.2 Å². The fraction of sp³-hybridized carbons (Fsp3) is 0.465. The average Bonchev–Trinajstić information content (AvgIpc) is 3.81. The van der Waals surface area contributed by atoms with Crippen LogP contribution in [0, 0.1) is 0 Å². The number of carbonyl (C=O) groups is 4. The van der Waals surface area contributed by atoms with Crippen molar-refractivity contribution in [2.45, 2.75) is 69.2 Å². The first-order chi connectivity index (χ1) is 28.6. The molecule has 8 rings (SSSR count). The van der Waals surface area contributed by atoms with Crippen molar-refractivity contribution in [3.63, 3.8) is 0 Å². The van der Waals surface area contributed by atoms with Crippen molar-refractivity contribution in [3.05, 3.63) is 74.5 Å². The minimum atomic E-state index is -3.20. The van der Waals surface area contributed by atoms with Crippen molar-refractivity contribution in [1.82, 2.24) is 29.9 Å². The Labute approximate surface area is 350 Å². The van der Waals surface area contributed by atoms with Gasteiger partial charge in [-0.15, -0.1) is 11.3 Å². The highest BCUT2D eigenvalue weighted by Crippen LogP contribution is 2.40. The third-order valence-electron chi connectivity index (χ3n) is 12.3. The maximum atomic E-state index is 15.9. The van der Waals surface area contributed by atoms with Crippen LogP contribution in [0.5, 0.6) is 11.5 Å². The lowest BCUT2D eigenvalue weighted by Crippen LogP contribution is -2.61. The van der Waals surface area contributed by atoms with Crippen LogP contribution in [-0.2, 0) is 29.7 Å². The Hall–Kier alpha value is -5.39. The molecule has 0 radical (unpaired) electrons. The number of nitrogens with zero attached hydrogens (tertiary/aromatic N) is 5. The zero-order chi connectivity index (χ0) is 42.6. The second-order valence-electron chi connectivity index (χ2n) is 16.4. The smallest absolute Gasteiger partial charge is 0.280 e. The molecule has 0 aliphatic carbocycles. The fourth-order valence-electron chi connectivity index (χ4n) is 9.09. The minimum absolute atomic E-state index is 0.0619. The number of ether oxygens (including phenoxy) is 2. The molecule has 0 saturated carbocycles. The van der Waals surface area contributed by atoms with Gasteiger partial charge < -0.3 is 34.1 Å². The highest BCUT2D eigenvalue weighted by molar-refractivity contribution is 7.21. The van der Waals surface area contributed by atoms with Gasteiger partial charge in [-0.2, -0.15) is 0 Å². The normalized spacial score (nSPS) is 21.1. The first-order valence-corrected chi connectivity index (χ1v) is 21.0. The molecule has 0 bridgehead atoms. The van der Waals surface area contributed by atoms with Gasteiger partial charge in [0.15, 0.2) is 0 Å². The predicted octanol–water partition coefficient (Wildman–Crippen LogP) is 4.22. The van der Waals surface area contributed by atoms with Crippen molar-refractivity contribution in [2.24, 2.45) is 7.05 Å². The number of thiophene rings is 1. The Kier molecular flexibility index (Phi) is 11.2. The van der Waals surface area contributed by atoms with E-state index in [4.69, 9.17) is 9.47 Å². The van der Waals surface area contributed by atoms with Crippen molar-refractivity contribution in [2.75, 3.05) is 59.4 Å². The highest BCUT2D eigenvalue weighted by atomic mass is 32.1. The Morgan fingerprint density at radius 1 is 0.967 bits per heavy atom. The molecule has 2 N–H and O–H groups in total. The predicted molar refractivity (Wildman–Crippen MR) is 223 cm³/mol. The second-order valence-corrected chi connectivity index (χ2v) is 17.5. The summed E-state index contributed by atoms with van der Waals surface area (Å²) in [5, 5.41) is 5.25. The van der Waals surface area contributed by atoms with Crippen LogP contribution in [0.2, 0.25) is 0 Å². The van der Waals surface area contributed by atoms with Crippen LogP contribution in [-0.4, -0.2) is 121 Å². The van der Waals surface area contributed by atoms with Crippen LogP contribution in [0.1, 0.15) is 63.3 Å². The lowest BCUT2D eigenvalue weighted by molar-refractivity contribution is -0.136. The number of benzene rings is 2. The van der Waals surface area contributed by atoms with Gasteiger partial charge in [-0.25, -0.2) is 8.78 Å². The molecule has 2 aromatic carbocycles. The van der Waals surface area contributed by atoms with Crippen molar-refractivity contribution < 1.29 is 37.4 Å². The number of piperidine rings is 3. The number of nitrogens with one attached hydrogen (secondary N) is 2. The molecule has 6 heterocycles. The number of pyridine rings is 1. The van der Waals surface area contributed by atoms with Gasteiger partial charge in [0.25, 0.3) is 23.3 Å². The van der Waals surface area contributed by atoms with E-state index in [1.807, 2.05) is 54.2 Å². The molecule has 4 amide bonds. The molecule has 60 heavy (non-hydrogen) atoms. The van der Waals surface area contributed by atoms with Gasteiger partial charge in [-0.3, -0.25) is 34.2 Å². The molecule has 2 atom stereocenters. The standard InChI is InChI=1S/C43H49F2N7O7S/c1-48(2)21-31-33(58-4)16-25(17-34(31)59-5)30-22-49(3)41(56)29-19-35(60-38(29)30)40(55)46-36-12-15-51(23-43(36,44)45)26-10-13-50(14-11-26)27-7-6-24-20-52(42(57)28(24)18-27)32-8-9-37(53)47-39(32)54/h6-7,16-19,22,26,32,36H,8-15,20-21,23H2,1-5H3,(H,46,55)(H,47,53,54)/t32?,36-/m1/s1. The third kappa shape index (κ3) is 7.73. The number of aryl methyl sites for hydroxylation is 1. The summed E-state index contributed by atoms with van der Waals surface area (Å²) in [5.74, 6) is -3.66. The number of aromatic nitrogens is 1. The zero-order valence-electron chi connectivity index (χ0n) is 34.3. The van der Waals surface area contributed by atoms with Crippen LogP contribution in [0.3, 0.4) is 0 Å². The second kappa shape index (κ2) is 16.2. The Bertz CT molecular complexity index is 2420. The number of fused-ring (bicyclic) bond motifs is 2. The Morgan fingerprint density at radius 2 is 1.68 bits per heavy atom. The van der Waals surface area contributed by atoms with Gasteiger partial charge in [0.2, 0.25) is 11.8 Å².